The summed E-state index contributed by atoms with van der Waals surface area (Å²) in [5, 5.41) is 14.0. The van der Waals surface area contributed by atoms with Gasteiger partial charge in [-0.15, -0.1) is 0 Å². The fourth-order valence-corrected chi connectivity index (χ4v) is 4.76. The van der Waals surface area contributed by atoms with Crippen LogP contribution in [0.15, 0.2) is 60.7 Å². The maximum atomic E-state index is 12.6. The van der Waals surface area contributed by atoms with Gasteiger partial charge < -0.3 is 4.74 Å². The van der Waals surface area contributed by atoms with Crippen LogP contribution in [0.1, 0.15) is 22.2 Å². The molecule has 0 aliphatic carbocycles. The molecule has 1 amide bonds. The zero-order valence-corrected chi connectivity index (χ0v) is 19.0. The van der Waals surface area contributed by atoms with Gasteiger partial charge in [0, 0.05) is 11.6 Å². The molecule has 2 aromatic carbocycles. The van der Waals surface area contributed by atoms with Gasteiger partial charge in [-0.1, -0.05) is 52.5 Å². The van der Waals surface area contributed by atoms with E-state index in [0.717, 1.165) is 44.3 Å². The van der Waals surface area contributed by atoms with Crippen molar-refractivity contribution in [3.8, 4) is 27.4 Å². The second-order valence-corrected chi connectivity index (χ2v) is 8.93. The number of amides is 1. The van der Waals surface area contributed by atoms with Crippen molar-refractivity contribution in [2.45, 2.75) is 13.8 Å². The highest BCUT2D eigenvalue weighted by atomic mass is 32.1. The molecule has 4 rings (SSSR count). The molecule has 7 nitrogen and oxygen atoms in total. The van der Waals surface area contributed by atoms with E-state index >= 15 is 0 Å². The normalized spacial score (nSPS) is 10.7. The second kappa shape index (κ2) is 9.29. The van der Waals surface area contributed by atoms with Crippen LogP contribution in [0.25, 0.3) is 21.7 Å². The fourth-order valence-electron chi connectivity index (χ4n) is 3.05. The highest BCUT2D eigenvalue weighted by molar-refractivity contribution is 7.20. The molecular formula is C23H19N3O4S2. The van der Waals surface area contributed by atoms with Gasteiger partial charge in [0.05, 0.1) is 27.0 Å². The van der Waals surface area contributed by atoms with E-state index in [2.05, 4.69) is 10.3 Å². The van der Waals surface area contributed by atoms with E-state index in [1.54, 1.807) is 0 Å². The van der Waals surface area contributed by atoms with E-state index in [1.807, 2.05) is 62.4 Å². The Morgan fingerprint density at radius 2 is 1.72 bits per heavy atom. The van der Waals surface area contributed by atoms with Crippen molar-refractivity contribution in [3.63, 3.8) is 0 Å². The van der Waals surface area contributed by atoms with Crippen molar-refractivity contribution in [1.82, 2.24) is 4.98 Å². The first-order valence-corrected chi connectivity index (χ1v) is 11.4. The maximum Gasteiger partial charge on any atom is 0.324 e. The molecule has 162 valence electrons. The number of aromatic nitrogens is 1. The fraction of sp³-hybridized carbons (Fsp3) is 0.130. The van der Waals surface area contributed by atoms with Crippen LogP contribution >= 0.6 is 22.7 Å². The summed E-state index contributed by atoms with van der Waals surface area (Å²) < 4.78 is 5.53. The van der Waals surface area contributed by atoms with E-state index in [0.29, 0.717) is 11.7 Å². The lowest BCUT2D eigenvalue weighted by Gasteiger charge is -2.06. The summed E-state index contributed by atoms with van der Waals surface area (Å²) >= 11 is 2.19. The van der Waals surface area contributed by atoms with Crippen LogP contribution in [0.2, 0.25) is 0 Å². The van der Waals surface area contributed by atoms with Crippen LogP contribution in [0.5, 0.6) is 5.75 Å². The van der Waals surface area contributed by atoms with Crippen molar-refractivity contribution >= 4 is 38.7 Å². The monoisotopic (exact) mass is 465 g/mol. The maximum absolute atomic E-state index is 12.6. The SMILES string of the molecule is CCOc1ccc(-c2nc(NC(=O)c3ccc([N+](=O)[O-])s3)sc2-c2ccc(C)cc2)cc1. The topological polar surface area (TPSA) is 94.4 Å². The number of nitrogens with zero attached hydrogens (tertiary/aromatic N) is 2. The zero-order chi connectivity index (χ0) is 22.7. The lowest BCUT2D eigenvalue weighted by molar-refractivity contribution is -0.380. The average Bonchev–Trinajstić information content (AvgIpc) is 3.43. The van der Waals surface area contributed by atoms with E-state index in [-0.39, 0.29) is 9.88 Å². The predicted molar refractivity (Wildman–Crippen MR) is 128 cm³/mol. The highest BCUT2D eigenvalue weighted by Gasteiger charge is 2.20. The van der Waals surface area contributed by atoms with E-state index in [1.165, 1.54) is 23.5 Å². The molecule has 4 aromatic rings. The molecule has 0 spiro atoms. The van der Waals surface area contributed by atoms with Crippen molar-refractivity contribution in [1.29, 1.82) is 0 Å². The Morgan fingerprint density at radius 3 is 2.34 bits per heavy atom. The van der Waals surface area contributed by atoms with Crippen molar-refractivity contribution in [2.24, 2.45) is 0 Å². The lowest BCUT2D eigenvalue weighted by atomic mass is 10.1. The Hall–Kier alpha value is -3.56. The number of thiophene rings is 1. The summed E-state index contributed by atoms with van der Waals surface area (Å²) in [5.41, 5.74) is 3.78. The van der Waals surface area contributed by atoms with Gasteiger partial charge >= 0.3 is 5.00 Å². The number of thiazole rings is 1. The van der Waals surface area contributed by atoms with Crippen LogP contribution in [-0.4, -0.2) is 22.4 Å². The Labute approximate surface area is 192 Å². The Morgan fingerprint density at radius 1 is 1.03 bits per heavy atom. The van der Waals surface area contributed by atoms with Crippen LogP contribution in [-0.2, 0) is 0 Å². The van der Waals surface area contributed by atoms with Crippen LogP contribution in [0.4, 0.5) is 10.1 Å². The quantitative estimate of drug-likeness (QED) is 0.251. The van der Waals surface area contributed by atoms with E-state index < -0.39 is 10.8 Å². The average molecular weight is 466 g/mol. The molecule has 0 aliphatic heterocycles. The van der Waals surface area contributed by atoms with Crippen molar-refractivity contribution in [3.05, 3.63) is 81.2 Å². The number of aryl methyl sites for hydroxylation is 1. The van der Waals surface area contributed by atoms with Gasteiger partial charge in [0.2, 0.25) is 0 Å². The zero-order valence-electron chi connectivity index (χ0n) is 17.3. The number of hydrogen-bond donors (Lipinski definition) is 1. The van der Waals surface area contributed by atoms with Crippen LogP contribution in [0.3, 0.4) is 0 Å². The first-order chi connectivity index (χ1) is 15.4. The molecule has 1 N–H and O–H groups in total. The van der Waals surface area contributed by atoms with Gasteiger partial charge in [-0.25, -0.2) is 4.98 Å². The molecular weight excluding hydrogens is 446 g/mol. The van der Waals surface area contributed by atoms with Gasteiger partial charge in [-0.2, -0.15) is 0 Å². The predicted octanol–water partition coefficient (Wildman–Crippen LogP) is 6.41. The molecule has 0 aliphatic rings. The number of ether oxygens (including phenoxy) is 1. The summed E-state index contributed by atoms with van der Waals surface area (Å²) in [4.78, 5) is 28.9. The first-order valence-electron chi connectivity index (χ1n) is 9.81. The largest absolute Gasteiger partial charge is 0.494 e. The lowest BCUT2D eigenvalue weighted by Crippen LogP contribution is -2.09. The van der Waals surface area contributed by atoms with Crippen molar-refractivity contribution < 1.29 is 14.5 Å². The molecule has 0 unspecified atom stereocenters. The van der Waals surface area contributed by atoms with Crippen LogP contribution < -0.4 is 10.1 Å². The summed E-state index contributed by atoms with van der Waals surface area (Å²) in [7, 11) is 0. The summed E-state index contributed by atoms with van der Waals surface area (Å²) in [5.74, 6) is 0.349. The van der Waals surface area contributed by atoms with Gasteiger partial charge in [0.15, 0.2) is 5.13 Å². The smallest absolute Gasteiger partial charge is 0.324 e. The third-order valence-corrected chi connectivity index (χ3v) is 6.65. The molecule has 2 heterocycles. The molecule has 0 saturated heterocycles. The van der Waals surface area contributed by atoms with E-state index in [4.69, 9.17) is 4.74 Å². The Bertz CT molecular complexity index is 1260. The number of carbonyl (C=O) groups is 1. The Balaban J connectivity index is 1.69. The summed E-state index contributed by atoms with van der Waals surface area (Å²) in [6, 6.07) is 18.5. The minimum absolute atomic E-state index is 0.0790. The molecule has 0 saturated carbocycles. The second-order valence-electron chi connectivity index (χ2n) is 6.87. The first kappa shape index (κ1) is 21.7. The third-order valence-electron chi connectivity index (χ3n) is 4.60. The van der Waals surface area contributed by atoms with Gasteiger partial charge in [0.1, 0.15) is 5.75 Å². The molecule has 0 radical (unpaired) electrons. The molecule has 0 atom stereocenters. The minimum Gasteiger partial charge on any atom is -0.494 e. The molecule has 0 bridgehead atoms. The number of hydrogen-bond acceptors (Lipinski definition) is 7. The third kappa shape index (κ3) is 4.68. The standard InChI is InChI=1S/C23H19N3O4S2/c1-3-30-17-10-8-15(9-11-17)20-21(16-6-4-14(2)5-7-16)32-23(24-20)25-22(27)18-12-13-19(31-18)26(28)29/h4-13H,3H2,1-2H3,(H,24,25,27). The summed E-state index contributed by atoms with van der Waals surface area (Å²) in [6.07, 6.45) is 0. The molecule has 9 heteroatoms. The molecule has 2 aromatic heterocycles. The summed E-state index contributed by atoms with van der Waals surface area (Å²) in [6.45, 7) is 4.54. The number of rotatable bonds is 7. The highest BCUT2D eigenvalue weighted by Crippen LogP contribution is 2.40. The van der Waals surface area contributed by atoms with Crippen LogP contribution in [0, 0.1) is 17.0 Å². The number of benzene rings is 2. The van der Waals surface area contributed by atoms with Gasteiger partial charge in [-0.3, -0.25) is 20.2 Å². The number of carbonyl (C=O) groups excluding carboxylic acids is 1. The van der Waals surface area contributed by atoms with Gasteiger partial charge in [0.25, 0.3) is 5.91 Å². The number of nitrogens with one attached hydrogen (secondary N) is 1. The number of nitro groups is 1. The molecule has 0 fully saturated rings. The molecule has 32 heavy (non-hydrogen) atoms. The van der Waals surface area contributed by atoms with Crippen molar-refractivity contribution in [2.75, 3.05) is 11.9 Å². The minimum atomic E-state index is -0.510. The number of anilines is 1. The van der Waals surface area contributed by atoms with E-state index in [9.17, 15) is 14.9 Å². The van der Waals surface area contributed by atoms with Gasteiger partial charge in [-0.05, 0) is 49.7 Å². The Kier molecular flexibility index (Phi) is 6.29.